The average molecular weight is 350 g/mol. The van der Waals surface area contributed by atoms with E-state index in [1.807, 2.05) is 30.3 Å². The van der Waals surface area contributed by atoms with Crippen LogP contribution in [0.25, 0.3) is 10.9 Å². The van der Waals surface area contributed by atoms with Crippen LogP contribution in [0.15, 0.2) is 48.9 Å². The van der Waals surface area contributed by atoms with Crippen molar-refractivity contribution in [1.29, 1.82) is 0 Å². The molecule has 7 heteroatoms. The zero-order valence-electron chi connectivity index (χ0n) is 14.6. The van der Waals surface area contributed by atoms with Crippen LogP contribution in [0.2, 0.25) is 0 Å². The van der Waals surface area contributed by atoms with Crippen molar-refractivity contribution in [3.63, 3.8) is 0 Å². The number of rotatable bonds is 5. The minimum atomic E-state index is -0.00747. The van der Waals surface area contributed by atoms with Crippen LogP contribution in [-0.2, 0) is 11.3 Å². The van der Waals surface area contributed by atoms with Gasteiger partial charge in [-0.2, -0.15) is 5.10 Å². The second-order valence-electron chi connectivity index (χ2n) is 6.67. The normalized spacial score (nSPS) is 17.4. The highest BCUT2D eigenvalue weighted by atomic mass is 16.2. The Morgan fingerprint density at radius 1 is 1.19 bits per heavy atom. The maximum Gasteiger partial charge on any atom is 0.241 e. The number of hydrogen-bond acceptors (Lipinski definition) is 5. The molecule has 7 nitrogen and oxygen atoms in total. The van der Waals surface area contributed by atoms with E-state index in [1.165, 1.54) is 0 Å². The van der Waals surface area contributed by atoms with E-state index in [0.29, 0.717) is 12.5 Å². The second-order valence-corrected chi connectivity index (χ2v) is 6.67. The van der Waals surface area contributed by atoms with Crippen molar-refractivity contribution < 1.29 is 4.79 Å². The van der Waals surface area contributed by atoms with Gasteiger partial charge in [-0.3, -0.25) is 9.48 Å². The molecule has 1 aliphatic rings. The van der Waals surface area contributed by atoms with Crippen LogP contribution < -0.4 is 10.2 Å². The van der Waals surface area contributed by atoms with Crippen LogP contribution in [-0.4, -0.2) is 45.3 Å². The zero-order chi connectivity index (χ0) is 17.8. The molecule has 0 radical (unpaired) electrons. The van der Waals surface area contributed by atoms with Gasteiger partial charge >= 0.3 is 0 Å². The Balaban J connectivity index is 1.31. The molecular formula is C19H22N6O. The van der Waals surface area contributed by atoms with Crippen molar-refractivity contribution in [3.05, 3.63) is 48.9 Å². The minimum absolute atomic E-state index is 0.00747. The fraction of sp³-hybridized carbons (Fsp3) is 0.368. The molecular weight excluding hydrogens is 328 g/mol. The maximum atomic E-state index is 12.3. The molecule has 1 saturated heterocycles. The van der Waals surface area contributed by atoms with E-state index in [1.54, 1.807) is 23.3 Å². The maximum absolute atomic E-state index is 12.3. The molecule has 1 aromatic carbocycles. The summed E-state index contributed by atoms with van der Waals surface area (Å²) in [7, 11) is 0. The van der Waals surface area contributed by atoms with Crippen molar-refractivity contribution >= 4 is 22.8 Å². The molecule has 2 aromatic heterocycles. The van der Waals surface area contributed by atoms with Crippen molar-refractivity contribution in [2.75, 3.05) is 24.5 Å². The Morgan fingerprint density at radius 2 is 2.04 bits per heavy atom. The van der Waals surface area contributed by atoms with E-state index < -0.39 is 0 Å². The van der Waals surface area contributed by atoms with Crippen molar-refractivity contribution in [2.24, 2.45) is 5.92 Å². The summed E-state index contributed by atoms with van der Waals surface area (Å²) in [6.07, 6.45) is 7.52. The topological polar surface area (TPSA) is 75.9 Å². The Bertz CT molecular complexity index is 878. The summed E-state index contributed by atoms with van der Waals surface area (Å²) in [5.41, 5.74) is 0.979. The first kappa shape index (κ1) is 16.5. The largest absolute Gasteiger partial charge is 0.354 e. The third-order valence-corrected chi connectivity index (χ3v) is 4.79. The quantitative estimate of drug-likeness (QED) is 0.760. The van der Waals surface area contributed by atoms with Gasteiger partial charge in [-0.05, 0) is 30.9 Å². The summed E-state index contributed by atoms with van der Waals surface area (Å²) >= 11 is 0. The van der Waals surface area contributed by atoms with E-state index in [2.05, 4.69) is 25.3 Å². The summed E-state index contributed by atoms with van der Waals surface area (Å²) in [6, 6.07) is 9.73. The number of nitrogens with one attached hydrogen (secondary N) is 1. The Kier molecular flexibility index (Phi) is 4.77. The van der Waals surface area contributed by atoms with Crippen LogP contribution in [0.1, 0.15) is 12.8 Å². The number of anilines is 1. The highest BCUT2D eigenvalue weighted by molar-refractivity contribution is 5.81. The van der Waals surface area contributed by atoms with Crippen LogP contribution in [0.4, 0.5) is 5.95 Å². The number of hydrogen-bond donors (Lipinski definition) is 1. The minimum Gasteiger partial charge on any atom is -0.354 e. The third kappa shape index (κ3) is 3.66. The van der Waals surface area contributed by atoms with Gasteiger partial charge in [0, 0.05) is 37.4 Å². The first-order valence-corrected chi connectivity index (χ1v) is 8.99. The fourth-order valence-corrected chi connectivity index (χ4v) is 3.47. The van der Waals surface area contributed by atoms with Gasteiger partial charge in [0.2, 0.25) is 11.9 Å². The predicted molar refractivity (Wildman–Crippen MR) is 99.7 cm³/mol. The van der Waals surface area contributed by atoms with Gasteiger partial charge in [0.25, 0.3) is 0 Å². The number of benzene rings is 1. The van der Waals surface area contributed by atoms with Gasteiger partial charge in [-0.25, -0.2) is 9.97 Å². The lowest BCUT2D eigenvalue weighted by atomic mass is 9.98. The lowest BCUT2D eigenvalue weighted by Gasteiger charge is -2.32. The molecule has 0 bridgehead atoms. The highest BCUT2D eigenvalue weighted by Crippen LogP contribution is 2.19. The summed E-state index contributed by atoms with van der Waals surface area (Å²) in [4.78, 5) is 23.2. The highest BCUT2D eigenvalue weighted by Gasteiger charge is 2.22. The number of para-hydroxylation sites is 1. The number of fused-ring (bicyclic) bond motifs is 1. The standard InChI is InChI=1S/C19H22N6O/c26-18(14-25-17-7-2-1-6-16(17)12-23-25)22-11-15-5-3-10-24(13-15)19-20-8-4-9-21-19/h1-2,4,6-9,12,15H,3,5,10-11,13-14H2,(H,22,26). The van der Waals surface area contributed by atoms with Gasteiger partial charge in [-0.15, -0.1) is 0 Å². The zero-order valence-corrected chi connectivity index (χ0v) is 14.6. The summed E-state index contributed by atoms with van der Waals surface area (Å²) < 4.78 is 1.75. The molecule has 3 aromatic rings. The summed E-state index contributed by atoms with van der Waals surface area (Å²) in [5.74, 6) is 1.17. The van der Waals surface area contributed by atoms with Gasteiger partial charge in [-0.1, -0.05) is 18.2 Å². The number of carbonyl (C=O) groups excluding carboxylic acids is 1. The van der Waals surface area contributed by atoms with Gasteiger partial charge in [0.05, 0.1) is 11.7 Å². The molecule has 4 rings (SSSR count). The van der Waals surface area contributed by atoms with Crippen molar-refractivity contribution in [2.45, 2.75) is 19.4 Å². The molecule has 0 aliphatic carbocycles. The lowest BCUT2D eigenvalue weighted by molar-refractivity contribution is -0.122. The van der Waals surface area contributed by atoms with Crippen molar-refractivity contribution in [3.8, 4) is 0 Å². The van der Waals surface area contributed by atoms with Gasteiger partial charge < -0.3 is 10.2 Å². The molecule has 1 fully saturated rings. The number of amides is 1. The molecule has 0 spiro atoms. The SMILES string of the molecule is O=C(Cn1ncc2ccccc21)NCC1CCCN(c2ncccn2)C1. The van der Waals surface area contributed by atoms with Crippen LogP contribution >= 0.6 is 0 Å². The second kappa shape index (κ2) is 7.51. The molecule has 0 saturated carbocycles. The van der Waals surface area contributed by atoms with E-state index >= 15 is 0 Å². The summed E-state index contributed by atoms with van der Waals surface area (Å²) in [6.45, 7) is 2.75. The fourth-order valence-electron chi connectivity index (χ4n) is 3.47. The number of piperidine rings is 1. The summed E-state index contributed by atoms with van der Waals surface area (Å²) in [5, 5.41) is 8.42. The lowest BCUT2D eigenvalue weighted by Crippen LogP contribution is -2.42. The number of carbonyl (C=O) groups is 1. The van der Waals surface area contributed by atoms with Gasteiger partial charge in [0.1, 0.15) is 6.54 Å². The van der Waals surface area contributed by atoms with Crippen LogP contribution in [0, 0.1) is 5.92 Å². The van der Waals surface area contributed by atoms with Gasteiger partial charge in [0.15, 0.2) is 0 Å². The van der Waals surface area contributed by atoms with E-state index in [4.69, 9.17) is 0 Å². The third-order valence-electron chi connectivity index (χ3n) is 4.79. The van der Waals surface area contributed by atoms with E-state index in [9.17, 15) is 4.79 Å². The molecule has 1 atom stereocenters. The molecule has 3 heterocycles. The van der Waals surface area contributed by atoms with E-state index in [-0.39, 0.29) is 12.5 Å². The van der Waals surface area contributed by atoms with Crippen molar-refractivity contribution in [1.82, 2.24) is 25.1 Å². The molecule has 1 aliphatic heterocycles. The number of aromatic nitrogens is 4. The molecule has 1 amide bonds. The Morgan fingerprint density at radius 3 is 2.92 bits per heavy atom. The number of nitrogens with zero attached hydrogens (tertiary/aromatic N) is 5. The molecule has 26 heavy (non-hydrogen) atoms. The predicted octanol–water partition coefficient (Wildman–Crippen LogP) is 1.86. The van der Waals surface area contributed by atoms with Crippen LogP contribution in [0.3, 0.4) is 0 Å². The first-order chi connectivity index (χ1) is 12.8. The Hall–Kier alpha value is -2.96. The molecule has 1 N–H and O–H groups in total. The first-order valence-electron chi connectivity index (χ1n) is 8.99. The van der Waals surface area contributed by atoms with E-state index in [0.717, 1.165) is 42.8 Å². The van der Waals surface area contributed by atoms with Crippen LogP contribution in [0.5, 0.6) is 0 Å². The molecule has 1 unspecified atom stereocenters. The monoisotopic (exact) mass is 350 g/mol. The molecule has 134 valence electrons. The smallest absolute Gasteiger partial charge is 0.241 e. The Labute approximate surface area is 152 Å². The average Bonchev–Trinajstić information content (AvgIpc) is 3.10.